The Morgan fingerprint density at radius 1 is 0.270 bits per heavy atom. The van der Waals surface area contributed by atoms with Crippen molar-refractivity contribution in [1.82, 2.24) is 50.2 Å². The molecular weight excluding hydrogens is 1890 g/mol. The van der Waals surface area contributed by atoms with Gasteiger partial charge in [0.1, 0.15) is 23.0 Å². The SMILES string of the molecule is C/C(N=Nc1cccc[n+]1C)=N\N=c1/ccccn1CCO.C/C(N=Nc1n(C)cc[n+]1C)=N\N=c1n(C)ccn1C.COc1cc[n+](C)c(N=N/C(C)=N/N=c2\cc(OC)ccn2C)c1.COc1cc[n+](C)c(N=N/C=N/N=c2\cc(OC)ccn2C)c1.C[n+]1ccccc1N=N/C=N/N=c1\ccccn1CCO.Cn1cc[n+](C)c1N=N/C=N/N=c1n(C)ccn1C.Cn1ccccc1=NN=CN=Nc1cccc[n+]1C. The molecule has 0 aliphatic rings. The van der Waals surface area contributed by atoms with Gasteiger partial charge in [0.15, 0.2) is 70.3 Å². The second kappa shape index (κ2) is 62.3. The molecule has 52 nitrogen and oxygen atoms in total. The molecule has 0 atom stereocenters. The van der Waals surface area contributed by atoms with Gasteiger partial charge in [0.25, 0.3) is 0 Å². The van der Waals surface area contributed by atoms with Crippen LogP contribution in [0.15, 0.2) is 412 Å². The molecule has 148 heavy (non-hydrogen) atoms. The third-order valence-corrected chi connectivity index (χ3v) is 20.0. The van der Waals surface area contributed by atoms with Gasteiger partial charge in [-0.15, -0.1) is 71.4 Å². The summed E-state index contributed by atoms with van der Waals surface area (Å²) in [5.41, 5.74) is 4.80. The summed E-state index contributed by atoms with van der Waals surface area (Å²) < 4.78 is 54.0. The average Bonchev–Trinajstić information content (AvgIpc) is 1.84. The highest BCUT2D eigenvalue weighted by Crippen LogP contribution is 2.17. The number of aliphatic hydroxyl groups excluding tert-OH is 2. The Morgan fingerprint density at radius 3 is 1.02 bits per heavy atom. The summed E-state index contributed by atoms with van der Waals surface area (Å²) in [5, 5.41) is 131. The molecule has 2 N–H and O–H groups in total. The number of nitrogens with zero attached hydrogens (tertiary/aromatic N) is 46. The van der Waals surface area contributed by atoms with E-state index in [1.54, 1.807) is 84.1 Å². The summed E-state index contributed by atoms with van der Waals surface area (Å²) in [4.78, 5) is 0. The minimum atomic E-state index is 0.0457. The van der Waals surface area contributed by atoms with Crippen LogP contribution in [-0.4, -0.2) is 145 Å². The quantitative estimate of drug-likeness (QED) is 0.0179. The van der Waals surface area contributed by atoms with Crippen LogP contribution in [0.5, 0.6) is 23.0 Å². The lowest BCUT2D eigenvalue weighted by Crippen LogP contribution is -2.27. The first kappa shape index (κ1) is 114. The standard InChI is InChI=1S/C16H21N6O2.C15H19N6O2.C15H19N6O.C14H17N6O.C13H15N6.C12H19N8.C11H17N8/c1-12(17-19-15-10-13(23-4)6-8-21(15)2)18-20-16-11-14(24-5)7-9-22(16)3;1-20-7-5-12(22-3)9-14(20)18-16-11-17-19-15-10-13(23-4)6-8-21(15)2;1-13(16-18-14-7-3-5-9-20(14)2)17-19-15-8-4-6-10-21(15)11-12-22;1-19-8-4-2-6-13(19)17-15-12-16-18-14-7-3-5-9-20(14)10-11-21;1-18-9-5-3-7-12(18)16-14-11-15-17-13-8-4-6-10-19(13)2;1-10(13-15-11-17(2)6-7-18(11)3)14-16-12-19(4)8-9-20(12)5;1-16-5-6-17(2)10(16)14-12-9-13-15-11-18(3)7-8-19(11)4/h6-11H,1-5H3;5-11H,1-4H3;3-10,22H,11-12H2,1-2H3;2-9,12,21H,10-11H2,1H3;3-11H,1-2H3;6-9H,1-5H3;5-9H,1-4H3/q7*+1. The van der Waals surface area contributed by atoms with Crippen molar-refractivity contribution in [1.29, 1.82) is 0 Å². The van der Waals surface area contributed by atoms with E-state index < -0.39 is 0 Å². The van der Waals surface area contributed by atoms with E-state index in [1.807, 2.05) is 429 Å². The van der Waals surface area contributed by atoms with Gasteiger partial charge in [-0.05, 0) is 92.3 Å². The first-order valence-electron chi connectivity index (χ1n) is 45.2. The number of ether oxygens (including phenoxy) is 4. The Kier molecular flexibility index (Phi) is 48.1. The number of pyridine rings is 10. The molecular formula is C96H127N46O6+7. The van der Waals surface area contributed by atoms with Gasteiger partial charge < -0.3 is 70.3 Å². The molecule has 14 aromatic rings. The number of imidazole rings is 4. The molecule has 0 amide bonds. The van der Waals surface area contributed by atoms with E-state index in [0.29, 0.717) is 87.2 Å². The normalized spacial score (nSPS) is 12.5. The van der Waals surface area contributed by atoms with Crippen molar-refractivity contribution in [2.45, 2.75) is 33.9 Å². The number of aliphatic hydroxyl groups is 2. The molecule has 0 fully saturated rings. The Morgan fingerprint density at radius 2 is 0.595 bits per heavy atom. The third-order valence-electron chi connectivity index (χ3n) is 20.0. The molecule has 14 heterocycles. The Hall–Kier alpha value is -19.0. The van der Waals surface area contributed by atoms with Crippen LogP contribution in [0.25, 0.3) is 0 Å². The van der Waals surface area contributed by atoms with Crippen molar-refractivity contribution in [3.63, 3.8) is 0 Å². The largest absolute Gasteiger partial charge is 0.497 e. The van der Waals surface area contributed by atoms with Crippen molar-refractivity contribution in [2.75, 3.05) is 41.7 Å². The van der Waals surface area contributed by atoms with Crippen molar-refractivity contribution < 1.29 is 61.1 Å². The molecule has 0 bridgehead atoms. The van der Waals surface area contributed by atoms with Crippen LogP contribution in [0, 0.1) is 0 Å². The lowest BCUT2D eigenvalue weighted by Gasteiger charge is -2.02. The number of hydrogen-bond acceptors (Lipinski definition) is 27. The Labute approximate surface area is 853 Å². The van der Waals surface area contributed by atoms with E-state index in [0.717, 1.165) is 46.1 Å². The first-order valence-corrected chi connectivity index (χ1v) is 45.2. The molecule has 14 rings (SSSR count). The molecule has 0 saturated carbocycles. The highest BCUT2D eigenvalue weighted by atomic mass is 16.5. The van der Waals surface area contributed by atoms with Crippen LogP contribution >= 0.6 is 0 Å². The number of aryl methyl sites for hydroxylation is 16. The Balaban J connectivity index is 0.000000211. The van der Waals surface area contributed by atoms with Gasteiger partial charge in [0.05, 0.1) is 199 Å². The predicted octanol–water partition coefficient (Wildman–Crippen LogP) is 7.81. The summed E-state index contributed by atoms with van der Waals surface area (Å²) in [6, 6.07) is 48.3. The van der Waals surface area contributed by atoms with Gasteiger partial charge in [-0.2, -0.15) is 0 Å². The molecule has 0 aliphatic carbocycles. The maximum absolute atomic E-state index is 9.02. The van der Waals surface area contributed by atoms with E-state index >= 15 is 0 Å². The van der Waals surface area contributed by atoms with Gasteiger partial charge >= 0.3 is 41.0 Å². The fourth-order valence-corrected chi connectivity index (χ4v) is 11.7. The smallest absolute Gasteiger partial charge is 0.421 e. The van der Waals surface area contributed by atoms with Crippen molar-refractivity contribution in [2.24, 2.45) is 256 Å². The van der Waals surface area contributed by atoms with E-state index in [2.05, 4.69) is 143 Å². The van der Waals surface area contributed by atoms with Gasteiger partial charge in [-0.25, -0.2) is 41.1 Å². The highest BCUT2D eigenvalue weighted by Gasteiger charge is 2.15. The van der Waals surface area contributed by atoms with Crippen molar-refractivity contribution >= 4 is 83.8 Å². The average molecular weight is 2020 g/mol. The first-order chi connectivity index (χ1) is 71.5. The number of aromatic nitrogens is 18. The molecule has 0 aliphatic heterocycles. The van der Waals surface area contributed by atoms with E-state index in [9.17, 15) is 0 Å². The Bertz CT molecular complexity index is 7590. The minimum absolute atomic E-state index is 0.0457. The van der Waals surface area contributed by atoms with Crippen molar-refractivity contribution in [3.8, 4) is 23.0 Å². The summed E-state index contributed by atoms with van der Waals surface area (Å²) in [6.07, 6.45) is 39.1. The van der Waals surface area contributed by atoms with Gasteiger partial charge in [0.2, 0.25) is 11.2 Å². The molecule has 0 radical (unpaired) electrons. The predicted molar refractivity (Wildman–Crippen MR) is 549 cm³/mol. The van der Waals surface area contributed by atoms with E-state index in [1.165, 1.54) is 25.4 Å². The number of hydrogen-bond donors (Lipinski definition) is 2. The second-order valence-electron chi connectivity index (χ2n) is 31.1. The van der Waals surface area contributed by atoms with Crippen LogP contribution in [0.2, 0.25) is 0 Å². The van der Waals surface area contributed by atoms with E-state index in [-0.39, 0.29) is 13.2 Å². The van der Waals surface area contributed by atoms with Crippen molar-refractivity contribution in [3.05, 3.63) is 308 Å². The maximum Gasteiger partial charge on any atom is 0.421 e. The number of methoxy groups -OCH3 is 4. The van der Waals surface area contributed by atoms with Gasteiger partial charge in [0, 0.05) is 192 Å². The molecule has 770 valence electrons. The lowest BCUT2D eigenvalue weighted by atomic mass is 10.4. The zero-order valence-electron chi connectivity index (χ0n) is 87.1. The fourth-order valence-electron chi connectivity index (χ4n) is 11.7. The monoisotopic (exact) mass is 2020 g/mol. The lowest BCUT2D eigenvalue weighted by molar-refractivity contribution is -0.658. The third kappa shape index (κ3) is 39.1. The maximum atomic E-state index is 9.02. The number of azo groups is 7. The van der Waals surface area contributed by atoms with E-state index in [4.69, 9.17) is 29.2 Å². The number of amidine groups is 3. The van der Waals surface area contributed by atoms with Gasteiger partial charge in [-0.1, -0.05) is 46.6 Å². The molecule has 0 saturated heterocycles. The topological polar surface area (TPSA) is 505 Å². The highest BCUT2D eigenvalue weighted by molar-refractivity contribution is 5.80. The summed E-state index contributed by atoms with van der Waals surface area (Å²) in [5.74, 6) is 9.18. The minimum Gasteiger partial charge on any atom is -0.497 e. The summed E-state index contributed by atoms with van der Waals surface area (Å²) in [6.45, 7) is 6.25. The molecule has 52 heteroatoms. The van der Waals surface area contributed by atoms with Crippen LogP contribution in [0.3, 0.4) is 0 Å². The molecule has 0 aromatic carbocycles. The zero-order valence-corrected chi connectivity index (χ0v) is 87.1. The molecule has 14 aromatic heterocycles. The van der Waals surface area contributed by atoms with Crippen LogP contribution in [-0.2, 0) is 126 Å². The number of rotatable bonds is 26. The molecule has 0 unspecified atom stereocenters. The second-order valence-corrected chi connectivity index (χ2v) is 31.1. The molecule has 0 spiro atoms. The van der Waals surface area contributed by atoms with Crippen LogP contribution in [0.1, 0.15) is 20.8 Å². The fraction of sp³-hybridized carbons (Fsp3) is 0.281. The summed E-state index contributed by atoms with van der Waals surface area (Å²) >= 11 is 0. The van der Waals surface area contributed by atoms with Crippen LogP contribution < -0.4 is 89.6 Å². The summed E-state index contributed by atoms with van der Waals surface area (Å²) in [7, 11) is 36.7. The zero-order chi connectivity index (χ0) is 107. The van der Waals surface area contributed by atoms with Gasteiger partial charge in [-0.3, -0.25) is 0 Å². The van der Waals surface area contributed by atoms with Crippen LogP contribution in [0.4, 0.5) is 41.0 Å².